The molecule has 0 unspecified atom stereocenters. The van der Waals surface area contributed by atoms with Gasteiger partial charge in [-0.3, -0.25) is 0 Å². The highest BCUT2D eigenvalue weighted by Crippen LogP contribution is 2.44. The number of rotatable bonds is 3. The van der Waals surface area contributed by atoms with Crippen LogP contribution in [0.15, 0.2) is 0 Å². The van der Waals surface area contributed by atoms with Crippen molar-refractivity contribution in [2.75, 3.05) is 19.8 Å². The molecule has 0 aliphatic carbocycles. The number of carboxylic acid groups (broad SMARTS) is 1. The molecule has 17 heavy (non-hydrogen) atoms. The smallest absolute Gasteiger partial charge is 0.352 e. The average molecular weight is 258 g/mol. The quantitative estimate of drug-likeness (QED) is 0.825. The lowest BCUT2D eigenvalue weighted by Gasteiger charge is -2.16. The fourth-order valence-electron chi connectivity index (χ4n) is 1.42. The third-order valence-corrected chi connectivity index (χ3v) is 3.17. The number of esters is 1. The minimum absolute atomic E-state index is 0.0391. The molecule has 0 radical (unpaired) electrons. The van der Waals surface area contributed by atoms with Gasteiger partial charge in [0.2, 0.25) is 0 Å². The Hall–Kier alpha value is -1.76. The second-order valence-electron chi connectivity index (χ2n) is 3.14. The van der Waals surface area contributed by atoms with Crippen LogP contribution in [0.25, 0.3) is 0 Å². The molecular weight excluding hydrogens is 248 g/mol. The SMILES string of the molecule is CCOC(=O)c1sc(C(=O)O)c2c1OCCO2. The van der Waals surface area contributed by atoms with Crippen LogP contribution in [-0.2, 0) is 4.74 Å². The van der Waals surface area contributed by atoms with Crippen molar-refractivity contribution >= 4 is 23.3 Å². The van der Waals surface area contributed by atoms with Crippen molar-refractivity contribution in [3.63, 3.8) is 0 Å². The van der Waals surface area contributed by atoms with Crippen LogP contribution in [0.3, 0.4) is 0 Å². The fourth-order valence-corrected chi connectivity index (χ4v) is 2.34. The predicted octanol–water partition coefficient (Wildman–Crippen LogP) is 1.39. The molecule has 6 nitrogen and oxygen atoms in total. The molecule has 92 valence electrons. The standard InChI is InChI=1S/C10H10O6S/c1-2-14-10(13)8-6-5(15-3-4-16-6)7(17-8)9(11)12/h2-4H2,1H3,(H,11,12). The summed E-state index contributed by atoms with van der Waals surface area (Å²) in [6, 6.07) is 0. The van der Waals surface area contributed by atoms with Gasteiger partial charge in [-0.1, -0.05) is 0 Å². The van der Waals surface area contributed by atoms with Gasteiger partial charge >= 0.3 is 11.9 Å². The maximum absolute atomic E-state index is 11.6. The van der Waals surface area contributed by atoms with E-state index in [1.54, 1.807) is 6.92 Å². The Kier molecular flexibility index (Phi) is 3.19. The molecule has 1 N–H and O–H groups in total. The molecule has 0 saturated heterocycles. The Morgan fingerprint density at radius 3 is 2.41 bits per heavy atom. The van der Waals surface area contributed by atoms with E-state index in [1.807, 2.05) is 0 Å². The predicted molar refractivity (Wildman–Crippen MR) is 58.2 cm³/mol. The summed E-state index contributed by atoms with van der Waals surface area (Å²) in [7, 11) is 0. The van der Waals surface area contributed by atoms with Crippen molar-refractivity contribution in [1.29, 1.82) is 0 Å². The summed E-state index contributed by atoms with van der Waals surface area (Å²) in [4.78, 5) is 22.7. The summed E-state index contributed by atoms with van der Waals surface area (Å²) in [6.07, 6.45) is 0. The Labute approximate surface area is 101 Å². The largest absolute Gasteiger partial charge is 0.484 e. The first-order chi connectivity index (χ1) is 8.15. The van der Waals surface area contributed by atoms with Crippen LogP contribution in [-0.4, -0.2) is 36.9 Å². The van der Waals surface area contributed by atoms with E-state index in [2.05, 4.69) is 0 Å². The van der Waals surface area contributed by atoms with Gasteiger partial charge in [0.15, 0.2) is 21.3 Å². The van der Waals surface area contributed by atoms with E-state index in [0.717, 1.165) is 11.3 Å². The molecule has 1 aromatic rings. The molecular formula is C10H10O6S. The number of carbonyl (C=O) groups excluding carboxylic acids is 1. The van der Waals surface area contributed by atoms with Crippen LogP contribution in [0, 0.1) is 0 Å². The number of ether oxygens (including phenoxy) is 3. The molecule has 7 heteroatoms. The second kappa shape index (κ2) is 4.62. The summed E-state index contributed by atoms with van der Waals surface area (Å²) in [5.41, 5.74) is 0. The van der Waals surface area contributed by atoms with Crippen molar-refractivity contribution in [3.8, 4) is 11.5 Å². The second-order valence-corrected chi connectivity index (χ2v) is 4.16. The van der Waals surface area contributed by atoms with Gasteiger partial charge < -0.3 is 19.3 Å². The number of carbonyl (C=O) groups is 2. The van der Waals surface area contributed by atoms with Crippen LogP contribution >= 0.6 is 11.3 Å². The first kappa shape index (κ1) is 11.7. The van der Waals surface area contributed by atoms with E-state index in [1.165, 1.54) is 0 Å². The molecule has 1 aliphatic heterocycles. The highest BCUT2D eigenvalue weighted by atomic mass is 32.1. The Morgan fingerprint density at radius 2 is 1.88 bits per heavy atom. The Bertz CT molecular complexity index is 464. The van der Waals surface area contributed by atoms with Crippen LogP contribution in [0.2, 0.25) is 0 Å². The van der Waals surface area contributed by atoms with E-state index in [-0.39, 0.29) is 41.1 Å². The van der Waals surface area contributed by atoms with E-state index in [4.69, 9.17) is 19.3 Å². The summed E-state index contributed by atoms with van der Waals surface area (Å²) >= 11 is 0.807. The van der Waals surface area contributed by atoms with Crippen LogP contribution in [0.4, 0.5) is 0 Å². The Balaban J connectivity index is 2.45. The molecule has 1 aromatic heterocycles. The van der Waals surface area contributed by atoms with Crippen molar-refractivity contribution in [1.82, 2.24) is 0 Å². The van der Waals surface area contributed by atoms with Crippen LogP contribution in [0.1, 0.15) is 26.3 Å². The zero-order valence-electron chi connectivity index (χ0n) is 9.02. The summed E-state index contributed by atoms with van der Waals surface area (Å²) in [5.74, 6) is -1.44. The van der Waals surface area contributed by atoms with Gasteiger partial charge in [0.1, 0.15) is 13.2 Å². The molecule has 0 spiro atoms. The van der Waals surface area contributed by atoms with Crippen LogP contribution < -0.4 is 9.47 Å². The van der Waals surface area contributed by atoms with Gasteiger partial charge in [-0.05, 0) is 6.92 Å². The third-order valence-electron chi connectivity index (χ3n) is 2.05. The first-order valence-electron chi connectivity index (χ1n) is 4.98. The van der Waals surface area contributed by atoms with Gasteiger partial charge in [-0.2, -0.15) is 0 Å². The van der Waals surface area contributed by atoms with E-state index >= 15 is 0 Å². The molecule has 0 amide bonds. The van der Waals surface area contributed by atoms with Crippen LogP contribution in [0.5, 0.6) is 11.5 Å². The van der Waals surface area contributed by atoms with Gasteiger partial charge in [0.05, 0.1) is 6.61 Å². The lowest BCUT2D eigenvalue weighted by atomic mass is 10.3. The van der Waals surface area contributed by atoms with E-state index in [9.17, 15) is 9.59 Å². The maximum atomic E-state index is 11.6. The average Bonchev–Trinajstić information content (AvgIpc) is 2.69. The third kappa shape index (κ3) is 2.05. The highest BCUT2D eigenvalue weighted by molar-refractivity contribution is 7.16. The molecule has 0 fully saturated rings. The molecule has 2 rings (SSSR count). The monoisotopic (exact) mass is 258 g/mol. The molecule has 0 saturated carbocycles. The lowest BCUT2D eigenvalue weighted by Crippen LogP contribution is -2.17. The minimum Gasteiger partial charge on any atom is -0.484 e. The number of aromatic carboxylic acids is 1. The summed E-state index contributed by atoms with van der Waals surface area (Å²) in [6.45, 7) is 2.45. The van der Waals surface area contributed by atoms with Gasteiger partial charge in [0, 0.05) is 0 Å². The lowest BCUT2D eigenvalue weighted by molar-refractivity contribution is 0.0522. The summed E-state index contributed by atoms with van der Waals surface area (Å²) in [5, 5.41) is 8.99. The molecule has 0 atom stereocenters. The molecule has 0 bridgehead atoms. The molecule has 0 aromatic carbocycles. The van der Waals surface area contributed by atoms with Gasteiger partial charge in [-0.15, -0.1) is 11.3 Å². The first-order valence-corrected chi connectivity index (χ1v) is 5.79. The van der Waals surface area contributed by atoms with Crippen molar-refractivity contribution in [2.45, 2.75) is 6.92 Å². The number of thiophene rings is 1. The van der Waals surface area contributed by atoms with Crippen molar-refractivity contribution < 1.29 is 28.9 Å². The topological polar surface area (TPSA) is 82.1 Å². The van der Waals surface area contributed by atoms with Crippen molar-refractivity contribution in [2.24, 2.45) is 0 Å². The molecule has 2 heterocycles. The minimum atomic E-state index is -1.15. The Morgan fingerprint density at radius 1 is 1.29 bits per heavy atom. The molecule has 1 aliphatic rings. The number of carboxylic acids is 1. The van der Waals surface area contributed by atoms with E-state index in [0.29, 0.717) is 0 Å². The van der Waals surface area contributed by atoms with Crippen molar-refractivity contribution in [3.05, 3.63) is 9.75 Å². The zero-order chi connectivity index (χ0) is 12.4. The normalized spacial score (nSPS) is 13.2. The fraction of sp³-hybridized carbons (Fsp3) is 0.400. The van der Waals surface area contributed by atoms with Gasteiger partial charge in [0.25, 0.3) is 0 Å². The van der Waals surface area contributed by atoms with Gasteiger partial charge in [-0.25, -0.2) is 9.59 Å². The number of hydrogen-bond acceptors (Lipinski definition) is 6. The maximum Gasteiger partial charge on any atom is 0.352 e. The highest BCUT2D eigenvalue weighted by Gasteiger charge is 2.31. The van der Waals surface area contributed by atoms with E-state index < -0.39 is 11.9 Å². The zero-order valence-corrected chi connectivity index (χ0v) is 9.83. The summed E-state index contributed by atoms with van der Waals surface area (Å²) < 4.78 is 15.3. The number of hydrogen-bond donors (Lipinski definition) is 1. The number of fused-ring (bicyclic) bond motifs is 1.